The molecule has 1 saturated carbocycles. The molecule has 96 valence electrons. The first kappa shape index (κ1) is 12.2. The third-order valence-corrected chi connectivity index (χ3v) is 5.07. The molecule has 18 heavy (non-hydrogen) atoms. The van der Waals surface area contributed by atoms with Crippen molar-refractivity contribution in [3.05, 3.63) is 34.3 Å². The molecule has 3 rings (SSSR count). The van der Waals surface area contributed by atoms with E-state index in [0.29, 0.717) is 6.04 Å². The highest BCUT2D eigenvalue weighted by molar-refractivity contribution is 9.10. The number of carbonyl (C=O) groups excluding carboxylic acids is 1. The van der Waals surface area contributed by atoms with Gasteiger partial charge in [0, 0.05) is 17.1 Å². The van der Waals surface area contributed by atoms with Gasteiger partial charge in [0.25, 0.3) is 5.91 Å². The minimum absolute atomic E-state index is 0.205. The fourth-order valence-corrected chi connectivity index (χ4v) is 3.90. The van der Waals surface area contributed by atoms with Crippen molar-refractivity contribution < 1.29 is 4.79 Å². The van der Waals surface area contributed by atoms with E-state index in [1.807, 2.05) is 24.3 Å². The highest BCUT2D eigenvalue weighted by Crippen LogP contribution is 2.37. The lowest BCUT2D eigenvalue weighted by atomic mass is 9.85. The van der Waals surface area contributed by atoms with Crippen molar-refractivity contribution in [1.82, 2.24) is 4.90 Å². The molecule has 1 saturated heterocycles. The number of hydrogen-bond donors (Lipinski definition) is 0. The second kappa shape index (κ2) is 5.04. The van der Waals surface area contributed by atoms with E-state index in [-0.39, 0.29) is 5.91 Å². The average Bonchev–Trinajstić information content (AvgIpc) is 2.82. The number of nitrogens with zero attached hydrogens (tertiary/aromatic N) is 1. The number of carbonyl (C=O) groups is 1. The van der Waals surface area contributed by atoms with Crippen LogP contribution in [0.1, 0.15) is 42.5 Å². The van der Waals surface area contributed by atoms with E-state index in [2.05, 4.69) is 20.8 Å². The normalized spacial score (nSPS) is 27.1. The van der Waals surface area contributed by atoms with Gasteiger partial charge in [-0.1, -0.05) is 25.0 Å². The zero-order valence-corrected chi connectivity index (χ0v) is 12.0. The minimum atomic E-state index is 0.205. The smallest absolute Gasteiger partial charge is 0.255 e. The van der Waals surface area contributed by atoms with Crippen LogP contribution in [0.25, 0.3) is 0 Å². The average molecular weight is 308 g/mol. The summed E-state index contributed by atoms with van der Waals surface area (Å²) in [5, 5.41) is 0. The number of fused-ring (bicyclic) bond motifs is 1. The Hall–Kier alpha value is -0.830. The van der Waals surface area contributed by atoms with Crippen LogP contribution in [0.3, 0.4) is 0 Å². The molecule has 0 spiro atoms. The largest absolute Gasteiger partial charge is 0.335 e. The SMILES string of the molecule is O=C(c1ccccc1Br)N1CCC2CCCCC21. The summed E-state index contributed by atoms with van der Waals surface area (Å²) in [6.07, 6.45) is 6.32. The molecule has 2 atom stereocenters. The Morgan fingerprint density at radius 3 is 2.78 bits per heavy atom. The van der Waals surface area contributed by atoms with Crippen LogP contribution in [0.4, 0.5) is 0 Å². The number of hydrogen-bond acceptors (Lipinski definition) is 1. The Morgan fingerprint density at radius 2 is 1.94 bits per heavy atom. The lowest BCUT2D eigenvalue weighted by Gasteiger charge is -2.31. The molecule has 0 aromatic heterocycles. The molecule has 1 heterocycles. The zero-order chi connectivity index (χ0) is 12.5. The van der Waals surface area contributed by atoms with Crippen molar-refractivity contribution in [2.24, 2.45) is 5.92 Å². The lowest BCUT2D eigenvalue weighted by Crippen LogP contribution is -2.39. The van der Waals surface area contributed by atoms with Crippen LogP contribution in [-0.4, -0.2) is 23.4 Å². The Kier molecular flexibility index (Phi) is 3.42. The summed E-state index contributed by atoms with van der Waals surface area (Å²) in [6, 6.07) is 8.25. The predicted molar refractivity (Wildman–Crippen MR) is 75.5 cm³/mol. The van der Waals surface area contributed by atoms with Crippen molar-refractivity contribution in [2.75, 3.05) is 6.54 Å². The van der Waals surface area contributed by atoms with Gasteiger partial charge in [0.15, 0.2) is 0 Å². The molecule has 3 heteroatoms. The maximum atomic E-state index is 12.6. The van der Waals surface area contributed by atoms with Gasteiger partial charge in [-0.2, -0.15) is 0 Å². The number of amides is 1. The summed E-state index contributed by atoms with van der Waals surface area (Å²) in [6.45, 7) is 0.940. The van der Waals surface area contributed by atoms with E-state index in [1.165, 1.54) is 32.1 Å². The molecule has 1 aliphatic heterocycles. The van der Waals surface area contributed by atoms with E-state index < -0.39 is 0 Å². The van der Waals surface area contributed by atoms with Gasteiger partial charge in [-0.3, -0.25) is 4.79 Å². The molecule has 0 bridgehead atoms. The second-order valence-electron chi connectivity index (χ2n) is 5.38. The molecule has 0 radical (unpaired) electrons. The molecule has 2 unspecified atom stereocenters. The van der Waals surface area contributed by atoms with Crippen LogP contribution >= 0.6 is 15.9 Å². The van der Waals surface area contributed by atoms with Crippen molar-refractivity contribution in [2.45, 2.75) is 38.1 Å². The first-order valence-corrected chi connectivity index (χ1v) is 7.62. The topological polar surface area (TPSA) is 20.3 Å². The quantitative estimate of drug-likeness (QED) is 0.771. The van der Waals surface area contributed by atoms with E-state index in [4.69, 9.17) is 0 Å². The van der Waals surface area contributed by atoms with Gasteiger partial charge in [-0.05, 0) is 53.2 Å². The van der Waals surface area contributed by atoms with E-state index >= 15 is 0 Å². The standard InChI is InChI=1S/C15H18BrNO/c16-13-7-3-2-6-12(13)15(18)17-10-9-11-5-1-4-8-14(11)17/h2-3,6-7,11,14H,1,4-5,8-10H2. The van der Waals surface area contributed by atoms with Gasteiger partial charge in [0.1, 0.15) is 0 Å². The van der Waals surface area contributed by atoms with Crippen molar-refractivity contribution in [1.29, 1.82) is 0 Å². The molecular weight excluding hydrogens is 290 g/mol. The molecule has 1 aliphatic carbocycles. The molecule has 1 aromatic rings. The second-order valence-corrected chi connectivity index (χ2v) is 6.23. The van der Waals surface area contributed by atoms with Crippen LogP contribution < -0.4 is 0 Å². The van der Waals surface area contributed by atoms with Crippen molar-refractivity contribution >= 4 is 21.8 Å². The summed E-state index contributed by atoms with van der Waals surface area (Å²) < 4.78 is 0.911. The molecule has 1 aromatic carbocycles. The predicted octanol–water partition coefficient (Wildman–Crippen LogP) is 3.85. The van der Waals surface area contributed by atoms with E-state index in [1.54, 1.807) is 0 Å². The molecule has 1 amide bonds. The lowest BCUT2D eigenvalue weighted by molar-refractivity contribution is 0.0689. The third kappa shape index (κ3) is 2.09. The van der Waals surface area contributed by atoms with Gasteiger partial charge in [0.2, 0.25) is 0 Å². The van der Waals surface area contributed by atoms with Gasteiger partial charge >= 0.3 is 0 Å². The van der Waals surface area contributed by atoms with Crippen LogP contribution in [-0.2, 0) is 0 Å². The first-order chi connectivity index (χ1) is 8.77. The molecular formula is C15H18BrNO. The Morgan fingerprint density at radius 1 is 1.17 bits per heavy atom. The first-order valence-electron chi connectivity index (χ1n) is 6.83. The summed E-state index contributed by atoms with van der Waals surface area (Å²) in [5.74, 6) is 0.960. The number of halogens is 1. The maximum Gasteiger partial charge on any atom is 0.255 e. The molecule has 2 fully saturated rings. The summed E-state index contributed by atoms with van der Waals surface area (Å²) in [4.78, 5) is 14.7. The maximum absolute atomic E-state index is 12.6. The number of rotatable bonds is 1. The molecule has 0 N–H and O–H groups in total. The van der Waals surface area contributed by atoms with Gasteiger partial charge in [-0.15, -0.1) is 0 Å². The van der Waals surface area contributed by atoms with Crippen molar-refractivity contribution in [3.8, 4) is 0 Å². The Bertz CT molecular complexity index is 460. The van der Waals surface area contributed by atoms with Crippen LogP contribution in [0.15, 0.2) is 28.7 Å². The molecule has 2 nitrogen and oxygen atoms in total. The van der Waals surface area contributed by atoms with Gasteiger partial charge in [0.05, 0.1) is 5.56 Å². The Balaban J connectivity index is 1.83. The summed E-state index contributed by atoms with van der Waals surface area (Å²) >= 11 is 3.48. The van der Waals surface area contributed by atoms with Crippen molar-refractivity contribution in [3.63, 3.8) is 0 Å². The zero-order valence-electron chi connectivity index (χ0n) is 10.4. The highest BCUT2D eigenvalue weighted by atomic mass is 79.9. The third-order valence-electron chi connectivity index (χ3n) is 4.38. The van der Waals surface area contributed by atoms with E-state index in [0.717, 1.165) is 22.5 Å². The number of likely N-dealkylation sites (tertiary alicyclic amines) is 1. The monoisotopic (exact) mass is 307 g/mol. The van der Waals surface area contributed by atoms with Crippen LogP contribution in [0.5, 0.6) is 0 Å². The van der Waals surface area contributed by atoms with Gasteiger partial charge in [-0.25, -0.2) is 0 Å². The fraction of sp³-hybridized carbons (Fsp3) is 0.533. The molecule has 2 aliphatic rings. The Labute approximate surface area is 116 Å². The fourth-order valence-electron chi connectivity index (χ4n) is 3.45. The summed E-state index contributed by atoms with van der Waals surface area (Å²) in [7, 11) is 0. The van der Waals surface area contributed by atoms with Crippen LogP contribution in [0, 0.1) is 5.92 Å². The summed E-state index contributed by atoms with van der Waals surface area (Å²) in [5.41, 5.74) is 0.809. The minimum Gasteiger partial charge on any atom is -0.335 e. The van der Waals surface area contributed by atoms with Gasteiger partial charge < -0.3 is 4.90 Å². The van der Waals surface area contributed by atoms with Crippen LogP contribution in [0.2, 0.25) is 0 Å². The number of benzene rings is 1. The highest BCUT2D eigenvalue weighted by Gasteiger charge is 2.38. The van der Waals surface area contributed by atoms with E-state index in [9.17, 15) is 4.79 Å².